The van der Waals surface area contributed by atoms with Crippen LogP contribution in [0.4, 0.5) is 0 Å². The molecule has 4 heteroatoms. The smallest absolute Gasteiger partial charge is 0.257 e. The van der Waals surface area contributed by atoms with Gasteiger partial charge in [0.25, 0.3) is 5.91 Å². The standard InChI is InChI=1S/C16H18N2O2/c1-17-6-8-18(9-7-17)16(20)14-10-12-4-2-3-5-13(12)11-15(14)19/h2-5,10-11,19H,6-9H2,1H3. The van der Waals surface area contributed by atoms with E-state index in [2.05, 4.69) is 11.9 Å². The summed E-state index contributed by atoms with van der Waals surface area (Å²) in [5, 5.41) is 12.0. The lowest BCUT2D eigenvalue weighted by Crippen LogP contribution is -2.47. The molecule has 1 heterocycles. The zero-order chi connectivity index (χ0) is 14.1. The highest BCUT2D eigenvalue weighted by atomic mass is 16.3. The minimum atomic E-state index is -0.0821. The quantitative estimate of drug-likeness (QED) is 0.861. The van der Waals surface area contributed by atoms with Crippen molar-refractivity contribution < 1.29 is 9.90 Å². The maximum atomic E-state index is 12.5. The van der Waals surface area contributed by atoms with Crippen LogP contribution in [-0.2, 0) is 0 Å². The molecular weight excluding hydrogens is 252 g/mol. The Hall–Kier alpha value is -2.07. The zero-order valence-electron chi connectivity index (χ0n) is 11.5. The van der Waals surface area contributed by atoms with Gasteiger partial charge in [-0.3, -0.25) is 4.79 Å². The molecule has 3 rings (SSSR count). The van der Waals surface area contributed by atoms with Crippen molar-refractivity contribution in [1.29, 1.82) is 0 Å². The van der Waals surface area contributed by atoms with Crippen molar-refractivity contribution in [3.63, 3.8) is 0 Å². The van der Waals surface area contributed by atoms with Crippen molar-refractivity contribution >= 4 is 16.7 Å². The first-order valence-electron chi connectivity index (χ1n) is 6.85. The third-order valence-electron chi connectivity index (χ3n) is 3.88. The van der Waals surface area contributed by atoms with Gasteiger partial charge in [-0.25, -0.2) is 0 Å². The fourth-order valence-electron chi connectivity index (χ4n) is 2.58. The first-order valence-corrected chi connectivity index (χ1v) is 6.85. The van der Waals surface area contributed by atoms with Crippen LogP contribution < -0.4 is 0 Å². The van der Waals surface area contributed by atoms with Crippen LogP contribution in [0.2, 0.25) is 0 Å². The van der Waals surface area contributed by atoms with E-state index in [1.54, 1.807) is 12.1 Å². The molecule has 0 bridgehead atoms. The van der Waals surface area contributed by atoms with Gasteiger partial charge < -0.3 is 14.9 Å². The molecule has 0 saturated carbocycles. The molecule has 1 fully saturated rings. The fraction of sp³-hybridized carbons (Fsp3) is 0.312. The van der Waals surface area contributed by atoms with Gasteiger partial charge in [0.15, 0.2) is 0 Å². The number of aromatic hydroxyl groups is 1. The summed E-state index contributed by atoms with van der Waals surface area (Å²) in [7, 11) is 2.05. The number of benzene rings is 2. The van der Waals surface area contributed by atoms with E-state index in [4.69, 9.17) is 0 Å². The van der Waals surface area contributed by atoms with Crippen LogP contribution >= 0.6 is 0 Å². The third-order valence-corrected chi connectivity index (χ3v) is 3.88. The monoisotopic (exact) mass is 270 g/mol. The number of carbonyl (C=O) groups is 1. The number of hydrogen-bond donors (Lipinski definition) is 1. The van der Waals surface area contributed by atoms with Crippen molar-refractivity contribution in [1.82, 2.24) is 9.80 Å². The minimum Gasteiger partial charge on any atom is -0.507 e. The Morgan fingerprint density at radius 2 is 1.65 bits per heavy atom. The molecule has 1 N–H and O–H groups in total. The number of nitrogens with zero attached hydrogens (tertiary/aromatic N) is 2. The average molecular weight is 270 g/mol. The van der Waals surface area contributed by atoms with Gasteiger partial charge in [0.1, 0.15) is 5.75 Å². The summed E-state index contributed by atoms with van der Waals surface area (Å²) >= 11 is 0. The van der Waals surface area contributed by atoms with Crippen molar-refractivity contribution in [2.75, 3.05) is 33.2 Å². The van der Waals surface area contributed by atoms with Crippen LogP contribution in [-0.4, -0.2) is 54.0 Å². The Kier molecular flexibility index (Phi) is 3.32. The van der Waals surface area contributed by atoms with Gasteiger partial charge in [-0.15, -0.1) is 0 Å². The van der Waals surface area contributed by atoms with Crippen LogP contribution in [0, 0.1) is 0 Å². The second-order valence-electron chi connectivity index (χ2n) is 5.31. The second kappa shape index (κ2) is 5.13. The molecule has 0 radical (unpaired) electrons. The zero-order valence-corrected chi connectivity index (χ0v) is 11.5. The number of amides is 1. The van der Waals surface area contributed by atoms with Gasteiger partial charge in [-0.2, -0.15) is 0 Å². The maximum absolute atomic E-state index is 12.5. The first kappa shape index (κ1) is 12.9. The number of phenols is 1. The molecule has 1 saturated heterocycles. The van der Waals surface area contributed by atoms with E-state index in [1.165, 1.54) is 0 Å². The van der Waals surface area contributed by atoms with Crippen LogP contribution in [0.3, 0.4) is 0 Å². The number of carbonyl (C=O) groups excluding carboxylic acids is 1. The number of likely N-dealkylation sites (N-methyl/N-ethyl adjacent to an activating group) is 1. The first-order chi connectivity index (χ1) is 9.65. The predicted octanol–water partition coefficient (Wildman–Crippen LogP) is 1.93. The van der Waals surface area contributed by atoms with Gasteiger partial charge in [-0.05, 0) is 30.0 Å². The summed E-state index contributed by atoms with van der Waals surface area (Å²) in [6.07, 6.45) is 0. The summed E-state index contributed by atoms with van der Waals surface area (Å²) in [6.45, 7) is 3.17. The van der Waals surface area contributed by atoms with Gasteiger partial charge in [-0.1, -0.05) is 24.3 Å². The van der Waals surface area contributed by atoms with E-state index < -0.39 is 0 Å². The summed E-state index contributed by atoms with van der Waals surface area (Å²) in [5.41, 5.74) is 0.397. The SMILES string of the molecule is CN1CCN(C(=O)c2cc3ccccc3cc2O)CC1. The highest BCUT2D eigenvalue weighted by Gasteiger charge is 2.22. The van der Waals surface area contributed by atoms with Gasteiger partial charge >= 0.3 is 0 Å². The topological polar surface area (TPSA) is 43.8 Å². The molecule has 1 aliphatic heterocycles. The molecule has 1 aliphatic rings. The van der Waals surface area contributed by atoms with E-state index in [0.717, 1.165) is 23.9 Å². The Balaban J connectivity index is 1.93. The Morgan fingerprint density at radius 1 is 1.05 bits per heavy atom. The lowest BCUT2D eigenvalue weighted by Gasteiger charge is -2.32. The van der Waals surface area contributed by atoms with Crippen LogP contribution in [0.25, 0.3) is 10.8 Å². The normalized spacial score (nSPS) is 16.6. The number of rotatable bonds is 1. The van der Waals surface area contributed by atoms with Crippen molar-refractivity contribution in [3.05, 3.63) is 42.0 Å². The molecule has 104 valence electrons. The number of phenolic OH excluding ortho intramolecular Hbond substituents is 1. The maximum Gasteiger partial charge on any atom is 0.257 e. The van der Waals surface area contributed by atoms with E-state index in [9.17, 15) is 9.90 Å². The largest absolute Gasteiger partial charge is 0.507 e. The van der Waals surface area contributed by atoms with E-state index in [0.29, 0.717) is 18.7 Å². The van der Waals surface area contributed by atoms with Gasteiger partial charge in [0.05, 0.1) is 5.56 Å². The Bertz CT molecular complexity index is 646. The molecule has 4 nitrogen and oxygen atoms in total. The second-order valence-corrected chi connectivity index (χ2v) is 5.31. The van der Waals surface area contributed by atoms with Crippen molar-refractivity contribution in [2.45, 2.75) is 0 Å². The molecule has 2 aromatic carbocycles. The van der Waals surface area contributed by atoms with Crippen molar-refractivity contribution in [2.24, 2.45) is 0 Å². The van der Waals surface area contributed by atoms with Crippen LogP contribution in [0.1, 0.15) is 10.4 Å². The number of fused-ring (bicyclic) bond motifs is 1. The lowest BCUT2D eigenvalue weighted by molar-refractivity contribution is 0.0661. The minimum absolute atomic E-state index is 0.0626. The molecule has 0 spiro atoms. The lowest BCUT2D eigenvalue weighted by atomic mass is 10.0. The Labute approximate surface area is 118 Å². The van der Waals surface area contributed by atoms with Crippen molar-refractivity contribution in [3.8, 4) is 5.75 Å². The summed E-state index contributed by atoms with van der Waals surface area (Å²) < 4.78 is 0. The molecule has 0 aromatic heterocycles. The fourth-order valence-corrected chi connectivity index (χ4v) is 2.58. The highest BCUT2D eigenvalue weighted by Crippen LogP contribution is 2.26. The molecule has 20 heavy (non-hydrogen) atoms. The summed E-state index contributed by atoms with van der Waals surface area (Å²) in [6, 6.07) is 11.2. The van der Waals surface area contributed by atoms with Crippen LogP contribution in [0.15, 0.2) is 36.4 Å². The third kappa shape index (κ3) is 2.34. The van der Waals surface area contributed by atoms with E-state index in [-0.39, 0.29) is 11.7 Å². The van der Waals surface area contributed by atoms with Gasteiger partial charge in [0, 0.05) is 26.2 Å². The molecule has 0 unspecified atom stereocenters. The average Bonchev–Trinajstić information content (AvgIpc) is 2.46. The molecule has 2 aromatic rings. The molecular formula is C16H18N2O2. The number of piperazine rings is 1. The van der Waals surface area contributed by atoms with Gasteiger partial charge in [0.2, 0.25) is 0 Å². The predicted molar refractivity (Wildman–Crippen MR) is 79.0 cm³/mol. The molecule has 1 amide bonds. The Morgan fingerprint density at radius 3 is 2.30 bits per heavy atom. The molecule has 0 aliphatic carbocycles. The van der Waals surface area contributed by atoms with E-state index in [1.807, 2.05) is 29.2 Å². The molecule has 0 atom stereocenters. The number of hydrogen-bond acceptors (Lipinski definition) is 3. The summed E-state index contributed by atoms with van der Waals surface area (Å²) in [5.74, 6) is -0.0195. The summed E-state index contributed by atoms with van der Waals surface area (Å²) in [4.78, 5) is 16.5. The van der Waals surface area contributed by atoms with Crippen LogP contribution in [0.5, 0.6) is 5.75 Å². The highest BCUT2D eigenvalue weighted by molar-refractivity contribution is 6.01. The van der Waals surface area contributed by atoms with E-state index >= 15 is 0 Å².